The lowest BCUT2D eigenvalue weighted by atomic mass is 9.93. The maximum atomic E-state index is 12.5. The molecular weight excluding hydrogens is 560 g/mol. The lowest BCUT2D eigenvalue weighted by Gasteiger charge is -2.14. The molecule has 1 aliphatic rings. The van der Waals surface area contributed by atoms with Gasteiger partial charge in [0.25, 0.3) is 0 Å². The smallest absolute Gasteiger partial charge is 0.324 e. The third-order valence-electron chi connectivity index (χ3n) is 9.25. The van der Waals surface area contributed by atoms with Gasteiger partial charge in [0.2, 0.25) is 0 Å². The average molecular weight is 619 g/mol. The molecule has 1 saturated carbocycles. The van der Waals surface area contributed by atoms with E-state index in [9.17, 15) is 9.59 Å². The summed E-state index contributed by atoms with van der Waals surface area (Å²) in [6.45, 7) is 11.5. The zero-order chi connectivity index (χ0) is 32.3. The molecule has 0 spiro atoms. The van der Waals surface area contributed by atoms with Crippen molar-refractivity contribution >= 4 is 11.9 Å². The van der Waals surface area contributed by atoms with Gasteiger partial charge in [-0.25, -0.2) is 0 Å². The van der Waals surface area contributed by atoms with Crippen molar-refractivity contribution in [3.8, 4) is 16.9 Å². The standard InChI is InChI=1S/C40H58O5/c1-5-8-9-17-20-32(4)33-21-23-34(24-22-33)35-25-27-37(28-26-35)44-29-18-15-13-11-10-12-14-16-19-30-45-39(42)40(31-36(40)6-2)38(41)43-7-3/h6,21-28,32,36H,2,5,7-20,29-31H2,1,3-4H3. The number of esters is 2. The highest BCUT2D eigenvalue weighted by Gasteiger charge is 2.67. The van der Waals surface area contributed by atoms with Crippen LogP contribution in [0.1, 0.15) is 129 Å². The van der Waals surface area contributed by atoms with Gasteiger partial charge in [-0.2, -0.15) is 0 Å². The van der Waals surface area contributed by atoms with E-state index in [4.69, 9.17) is 14.2 Å². The molecule has 0 radical (unpaired) electrons. The van der Waals surface area contributed by atoms with E-state index in [1.54, 1.807) is 13.0 Å². The van der Waals surface area contributed by atoms with E-state index in [1.807, 2.05) is 0 Å². The van der Waals surface area contributed by atoms with Gasteiger partial charge in [-0.05, 0) is 67.3 Å². The number of carbonyl (C=O) groups is 2. The molecule has 1 fully saturated rings. The topological polar surface area (TPSA) is 61.8 Å². The van der Waals surface area contributed by atoms with Crippen molar-refractivity contribution in [2.24, 2.45) is 11.3 Å². The number of benzene rings is 2. The number of hydrogen-bond donors (Lipinski definition) is 0. The third kappa shape index (κ3) is 11.7. The predicted octanol–water partition coefficient (Wildman–Crippen LogP) is 10.6. The quantitative estimate of drug-likeness (QED) is 0.0507. The molecule has 1 aliphatic carbocycles. The molecule has 45 heavy (non-hydrogen) atoms. The highest BCUT2D eigenvalue weighted by molar-refractivity contribution is 6.04. The van der Waals surface area contributed by atoms with Crippen molar-refractivity contribution in [1.29, 1.82) is 0 Å². The zero-order valence-electron chi connectivity index (χ0n) is 28.3. The van der Waals surface area contributed by atoms with Crippen molar-refractivity contribution in [1.82, 2.24) is 0 Å². The molecular formula is C40H58O5. The summed E-state index contributed by atoms with van der Waals surface area (Å²) in [5, 5.41) is 0. The normalized spacial score (nSPS) is 17.8. The zero-order valence-corrected chi connectivity index (χ0v) is 28.3. The fraction of sp³-hybridized carbons (Fsp3) is 0.600. The van der Waals surface area contributed by atoms with Gasteiger partial charge in [-0.1, -0.05) is 127 Å². The molecule has 2 aromatic rings. The summed E-state index contributed by atoms with van der Waals surface area (Å²) in [6, 6.07) is 17.6. The van der Waals surface area contributed by atoms with Crippen LogP contribution < -0.4 is 4.74 Å². The first-order valence-corrected chi connectivity index (χ1v) is 17.8. The monoisotopic (exact) mass is 618 g/mol. The molecule has 3 rings (SSSR count). The summed E-state index contributed by atoms with van der Waals surface area (Å²) in [4.78, 5) is 24.8. The number of allylic oxidation sites excluding steroid dienone is 1. The lowest BCUT2D eigenvalue weighted by molar-refractivity contribution is -0.165. The maximum absolute atomic E-state index is 12.5. The maximum Gasteiger partial charge on any atom is 0.324 e. The molecule has 0 N–H and O–H groups in total. The van der Waals surface area contributed by atoms with E-state index < -0.39 is 17.4 Å². The van der Waals surface area contributed by atoms with Crippen molar-refractivity contribution < 1.29 is 23.8 Å². The Morgan fingerprint density at radius 3 is 1.84 bits per heavy atom. The molecule has 5 nitrogen and oxygen atoms in total. The van der Waals surface area contributed by atoms with Crippen LogP contribution in [0.4, 0.5) is 0 Å². The Balaban J connectivity index is 1.18. The molecule has 248 valence electrons. The van der Waals surface area contributed by atoms with Crippen LogP contribution in [0.25, 0.3) is 11.1 Å². The highest BCUT2D eigenvalue weighted by atomic mass is 16.6. The van der Waals surface area contributed by atoms with Gasteiger partial charge in [0, 0.05) is 5.92 Å². The Hall–Kier alpha value is -3.08. The molecule has 0 saturated heterocycles. The lowest BCUT2D eigenvalue weighted by Crippen LogP contribution is -2.31. The summed E-state index contributed by atoms with van der Waals surface area (Å²) in [6.07, 6.45) is 18.8. The van der Waals surface area contributed by atoms with Gasteiger partial charge >= 0.3 is 11.9 Å². The summed E-state index contributed by atoms with van der Waals surface area (Å²) < 4.78 is 16.5. The van der Waals surface area contributed by atoms with Gasteiger partial charge in [0.15, 0.2) is 5.41 Å². The highest BCUT2D eigenvalue weighted by Crippen LogP contribution is 2.55. The Morgan fingerprint density at radius 1 is 0.756 bits per heavy atom. The summed E-state index contributed by atoms with van der Waals surface area (Å²) in [5.41, 5.74) is 2.78. The van der Waals surface area contributed by atoms with E-state index >= 15 is 0 Å². The van der Waals surface area contributed by atoms with Crippen LogP contribution in [0.2, 0.25) is 0 Å². The SMILES string of the molecule is C=CC1CC1(C(=O)OCC)C(=O)OCCCCCCCCCCCOc1ccc(-c2ccc(C(C)CCCCCC)cc2)cc1. The Morgan fingerprint density at radius 2 is 1.29 bits per heavy atom. The van der Waals surface area contributed by atoms with Crippen molar-refractivity contribution in [2.45, 2.75) is 123 Å². The van der Waals surface area contributed by atoms with E-state index in [0.29, 0.717) is 18.9 Å². The Kier molecular flexibility index (Phi) is 16.3. The second kappa shape index (κ2) is 20.1. The molecule has 3 atom stereocenters. The number of unbranched alkanes of at least 4 members (excludes halogenated alkanes) is 11. The fourth-order valence-electron chi connectivity index (χ4n) is 6.10. The van der Waals surface area contributed by atoms with Crippen molar-refractivity contribution in [3.63, 3.8) is 0 Å². The molecule has 0 bridgehead atoms. The van der Waals surface area contributed by atoms with E-state index in [1.165, 1.54) is 80.9 Å². The van der Waals surface area contributed by atoms with Crippen molar-refractivity contribution in [2.75, 3.05) is 19.8 Å². The average Bonchev–Trinajstić information content (AvgIpc) is 3.82. The first-order chi connectivity index (χ1) is 22.0. The van der Waals surface area contributed by atoms with Crippen LogP contribution in [-0.2, 0) is 19.1 Å². The van der Waals surface area contributed by atoms with Crippen LogP contribution in [0.5, 0.6) is 5.75 Å². The number of ether oxygens (including phenoxy) is 3. The second-order valence-electron chi connectivity index (χ2n) is 12.8. The molecule has 0 aromatic heterocycles. The summed E-state index contributed by atoms with van der Waals surface area (Å²) in [7, 11) is 0. The second-order valence-corrected chi connectivity index (χ2v) is 12.8. The molecule has 0 heterocycles. The minimum atomic E-state index is -1.15. The van der Waals surface area contributed by atoms with Crippen LogP contribution >= 0.6 is 0 Å². The van der Waals surface area contributed by atoms with Gasteiger partial charge in [0.1, 0.15) is 5.75 Å². The van der Waals surface area contributed by atoms with Gasteiger partial charge in [-0.15, -0.1) is 6.58 Å². The van der Waals surface area contributed by atoms with Crippen LogP contribution in [0.3, 0.4) is 0 Å². The number of rotatable bonds is 24. The Labute approximate surface area is 273 Å². The van der Waals surface area contributed by atoms with E-state index in [0.717, 1.165) is 38.0 Å². The van der Waals surface area contributed by atoms with Crippen molar-refractivity contribution in [3.05, 3.63) is 66.7 Å². The van der Waals surface area contributed by atoms with Crippen LogP contribution in [-0.4, -0.2) is 31.8 Å². The molecule has 2 aromatic carbocycles. The van der Waals surface area contributed by atoms with Gasteiger partial charge in [-0.3, -0.25) is 9.59 Å². The van der Waals surface area contributed by atoms with Gasteiger partial charge < -0.3 is 14.2 Å². The molecule has 3 unspecified atom stereocenters. The Bertz CT molecular complexity index is 1140. The first kappa shape index (κ1) is 36.4. The number of carbonyl (C=O) groups excluding carboxylic acids is 2. The first-order valence-electron chi connectivity index (χ1n) is 17.8. The summed E-state index contributed by atoms with van der Waals surface area (Å²) in [5.74, 6) is 0.459. The fourth-order valence-corrected chi connectivity index (χ4v) is 6.10. The number of hydrogen-bond acceptors (Lipinski definition) is 5. The summed E-state index contributed by atoms with van der Waals surface area (Å²) >= 11 is 0. The largest absolute Gasteiger partial charge is 0.494 e. The van der Waals surface area contributed by atoms with Crippen LogP contribution in [0, 0.1) is 11.3 Å². The molecule has 5 heteroatoms. The molecule has 0 aliphatic heterocycles. The van der Waals surface area contributed by atoms with E-state index in [2.05, 4.69) is 69.0 Å². The minimum Gasteiger partial charge on any atom is -0.494 e. The third-order valence-corrected chi connectivity index (χ3v) is 9.25. The molecule has 0 amide bonds. The van der Waals surface area contributed by atoms with E-state index in [-0.39, 0.29) is 12.5 Å². The van der Waals surface area contributed by atoms with Gasteiger partial charge in [0.05, 0.1) is 19.8 Å². The predicted molar refractivity (Wildman–Crippen MR) is 184 cm³/mol. The van der Waals surface area contributed by atoms with Crippen LogP contribution in [0.15, 0.2) is 61.2 Å². The minimum absolute atomic E-state index is 0.172.